The third kappa shape index (κ3) is 2.58. The highest BCUT2D eigenvalue weighted by Gasteiger charge is 2.26. The van der Waals surface area contributed by atoms with Crippen molar-refractivity contribution in [2.75, 3.05) is 0 Å². The summed E-state index contributed by atoms with van der Waals surface area (Å²) in [5, 5.41) is -1.38. The molecule has 0 fully saturated rings. The van der Waals surface area contributed by atoms with Crippen LogP contribution in [-0.2, 0) is 14.8 Å². The lowest BCUT2D eigenvalue weighted by Crippen LogP contribution is -2.07. The summed E-state index contributed by atoms with van der Waals surface area (Å²) in [4.78, 5) is 0. The zero-order chi connectivity index (χ0) is 12.7. The van der Waals surface area contributed by atoms with E-state index in [1.54, 1.807) is 0 Å². The minimum Gasteiger partial charge on any atom is -0.212 e. The van der Waals surface area contributed by atoms with Crippen LogP contribution in [0.5, 0.6) is 0 Å². The number of hydrogen-bond donors (Lipinski definition) is 0. The summed E-state index contributed by atoms with van der Waals surface area (Å²) in [7, 11) is 0.364. The van der Waals surface area contributed by atoms with Crippen molar-refractivity contribution in [2.45, 2.75) is 5.75 Å². The zero-order valence-electron chi connectivity index (χ0n) is 7.20. The zero-order valence-corrected chi connectivity index (χ0v) is 9.53. The highest BCUT2D eigenvalue weighted by Crippen LogP contribution is 2.29. The maximum absolute atomic E-state index is 13.0. The minimum atomic E-state index is -4.35. The summed E-state index contributed by atoms with van der Waals surface area (Å²) < 4.78 is 72.9. The van der Waals surface area contributed by atoms with Crippen molar-refractivity contribution in [3.63, 3.8) is 0 Å². The molecule has 0 radical (unpaired) electrons. The van der Waals surface area contributed by atoms with E-state index in [9.17, 15) is 26.0 Å². The van der Waals surface area contributed by atoms with Gasteiger partial charge in [0.2, 0.25) is 9.05 Å². The SMILES string of the molecule is O=S(=O)(Cl)Cc1c(F)c(F)c(Cl)c(F)c1F. The van der Waals surface area contributed by atoms with Gasteiger partial charge < -0.3 is 0 Å². The minimum absolute atomic E-state index is 1.32. The first-order valence-electron chi connectivity index (χ1n) is 3.57. The molecule has 0 atom stereocenters. The molecule has 0 N–H and O–H groups in total. The Labute approximate surface area is 97.2 Å². The van der Waals surface area contributed by atoms with Crippen LogP contribution in [-0.4, -0.2) is 8.42 Å². The fraction of sp³-hybridized carbons (Fsp3) is 0.143. The van der Waals surface area contributed by atoms with Gasteiger partial charge in [-0.2, -0.15) is 0 Å². The molecule has 0 aliphatic rings. The number of halogens is 6. The highest BCUT2D eigenvalue weighted by molar-refractivity contribution is 8.13. The molecule has 1 rings (SSSR count). The van der Waals surface area contributed by atoms with Crippen LogP contribution in [0, 0.1) is 23.3 Å². The Morgan fingerprint density at radius 2 is 1.31 bits per heavy atom. The third-order valence-corrected chi connectivity index (χ3v) is 2.91. The fourth-order valence-electron chi connectivity index (χ4n) is 0.949. The predicted molar refractivity (Wildman–Crippen MR) is 49.8 cm³/mol. The van der Waals surface area contributed by atoms with E-state index in [1.165, 1.54) is 0 Å². The van der Waals surface area contributed by atoms with Crippen LogP contribution in [0.4, 0.5) is 17.6 Å². The largest absolute Gasteiger partial charge is 0.236 e. The second-order valence-electron chi connectivity index (χ2n) is 2.73. The molecule has 0 aliphatic carbocycles. The molecule has 2 nitrogen and oxygen atoms in total. The van der Waals surface area contributed by atoms with Gasteiger partial charge in [0.15, 0.2) is 23.3 Å². The van der Waals surface area contributed by atoms with Crippen molar-refractivity contribution < 1.29 is 26.0 Å². The summed E-state index contributed by atoms with van der Waals surface area (Å²) in [5.41, 5.74) is -1.32. The van der Waals surface area contributed by atoms with E-state index < -0.39 is 48.7 Å². The summed E-state index contributed by atoms with van der Waals surface area (Å²) in [6.45, 7) is 0. The lowest BCUT2D eigenvalue weighted by molar-refractivity contribution is 0.443. The Kier molecular flexibility index (Phi) is 3.71. The van der Waals surface area contributed by atoms with Gasteiger partial charge in [-0.3, -0.25) is 0 Å². The summed E-state index contributed by atoms with van der Waals surface area (Å²) in [6, 6.07) is 0. The van der Waals surface area contributed by atoms with Crippen molar-refractivity contribution in [3.8, 4) is 0 Å². The maximum Gasteiger partial charge on any atom is 0.236 e. The molecule has 16 heavy (non-hydrogen) atoms. The number of rotatable bonds is 2. The Morgan fingerprint density at radius 1 is 0.938 bits per heavy atom. The van der Waals surface area contributed by atoms with Crippen LogP contribution in [0.2, 0.25) is 5.02 Å². The topological polar surface area (TPSA) is 34.1 Å². The molecule has 1 aromatic carbocycles. The van der Waals surface area contributed by atoms with Crippen LogP contribution >= 0.6 is 22.3 Å². The van der Waals surface area contributed by atoms with Gasteiger partial charge in [-0.15, -0.1) is 0 Å². The lowest BCUT2D eigenvalue weighted by atomic mass is 10.2. The Hall–Kier alpha value is -0.530. The standard InChI is InChI=1S/C7H2Cl2F4O2S/c8-3-6(12)4(10)2(1-16(9,14)15)5(11)7(3)13/h1H2. The molecule has 0 aliphatic heterocycles. The van der Waals surface area contributed by atoms with E-state index >= 15 is 0 Å². The number of benzene rings is 1. The molecule has 0 spiro atoms. The molecule has 0 saturated carbocycles. The summed E-state index contributed by atoms with van der Waals surface area (Å²) in [6.07, 6.45) is 0. The van der Waals surface area contributed by atoms with E-state index in [0.29, 0.717) is 0 Å². The van der Waals surface area contributed by atoms with Gasteiger partial charge in [0.1, 0.15) is 5.02 Å². The smallest absolute Gasteiger partial charge is 0.212 e. The second kappa shape index (κ2) is 4.38. The van der Waals surface area contributed by atoms with Gasteiger partial charge in [0, 0.05) is 16.2 Å². The van der Waals surface area contributed by atoms with Crippen molar-refractivity contribution in [3.05, 3.63) is 33.9 Å². The van der Waals surface area contributed by atoms with Crippen molar-refractivity contribution in [2.24, 2.45) is 0 Å². The molecule has 0 amide bonds. The first-order chi connectivity index (χ1) is 7.15. The molecule has 0 bridgehead atoms. The van der Waals surface area contributed by atoms with Crippen LogP contribution < -0.4 is 0 Å². The van der Waals surface area contributed by atoms with Crippen molar-refractivity contribution in [1.29, 1.82) is 0 Å². The van der Waals surface area contributed by atoms with Gasteiger partial charge in [0.05, 0.1) is 5.75 Å². The molecule has 0 unspecified atom stereocenters. The molecule has 90 valence electrons. The van der Waals surface area contributed by atoms with E-state index in [1.807, 2.05) is 0 Å². The Bertz CT molecular complexity index is 515. The van der Waals surface area contributed by atoms with E-state index in [2.05, 4.69) is 0 Å². The monoisotopic (exact) mass is 296 g/mol. The normalized spacial score (nSPS) is 11.9. The average Bonchev–Trinajstić information content (AvgIpc) is 2.17. The van der Waals surface area contributed by atoms with Gasteiger partial charge in [-0.1, -0.05) is 11.6 Å². The van der Waals surface area contributed by atoms with Crippen molar-refractivity contribution in [1.82, 2.24) is 0 Å². The maximum atomic E-state index is 13.0. The quantitative estimate of drug-likeness (QED) is 0.364. The van der Waals surface area contributed by atoms with Crippen LogP contribution in [0.1, 0.15) is 5.56 Å². The van der Waals surface area contributed by atoms with Crippen LogP contribution in [0.25, 0.3) is 0 Å². The Balaban J connectivity index is 3.52. The molecule has 0 saturated heterocycles. The molecule has 0 heterocycles. The molecule has 1 aromatic rings. The van der Waals surface area contributed by atoms with E-state index in [4.69, 9.17) is 22.3 Å². The van der Waals surface area contributed by atoms with Gasteiger partial charge >= 0.3 is 0 Å². The second-order valence-corrected chi connectivity index (χ2v) is 5.89. The molecule has 0 aromatic heterocycles. The molecular formula is C7H2Cl2F4O2S. The van der Waals surface area contributed by atoms with Gasteiger partial charge in [-0.05, 0) is 0 Å². The van der Waals surface area contributed by atoms with Crippen LogP contribution in [0.3, 0.4) is 0 Å². The third-order valence-electron chi connectivity index (χ3n) is 1.62. The van der Waals surface area contributed by atoms with Crippen LogP contribution in [0.15, 0.2) is 0 Å². The van der Waals surface area contributed by atoms with Gasteiger partial charge in [0.25, 0.3) is 0 Å². The fourth-order valence-corrected chi connectivity index (χ4v) is 2.04. The van der Waals surface area contributed by atoms with E-state index in [0.717, 1.165) is 0 Å². The molecule has 9 heteroatoms. The first kappa shape index (κ1) is 13.5. The Morgan fingerprint density at radius 3 is 1.62 bits per heavy atom. The number of hydrogen-bond acceptors (Lipinski definition) is 2. The lowest BCUT2D eigenvalue weighted by Gasteiger charge is -2.06. The predicted octanol–water partition coefficient (Wildman–Crippen LogP) is 2.97. The van der Waals surface area contributed by atoms with Crippen molar-refractivity contribution >= 4 is 31.3 Å². The average molecular weight is 297 g/mol. The van der Waals surface area contributed by atoms with E-state index in [-0.39, 0.29) is 0 Å². The molecular weight excluding hydrogens is 295 g/mol. The highest BCUT2D eigenvalue weighted by atomic mass is 35.7. The summed E-state index contributed by atoms with van der Waals surface area (Å²) >= 11 is 4.92. The first-order valence-corrected chi connectivity index (χ1v) is 6.43. The summed E-state index contributed by atoms with van der Waals surface area (Å²) in [5.74, 6) is -8.87. The van der Waals surface area contributed by atoms with Gasteiger partial charge in [-0.25, -0.2) is 26.0 Å².